The lowest BCUT2D eigenvalue weighted by Crippen LogP contribution is -2.53. The number of aromatic nitrogens is 1. The predicted octanol–water partition coefficient (Wildman–Crippen LogP) is 3.17. The van der Waals surface area contributed by atoms with Crippen LogP contribution in [0.1, 0.15) is 17.2 Å². The number of pyridine rings is 1. The van der Waals surface area contributed by atoms with Crippen molar-refractivity contribution in [3.8, 4) is 11.1 Å². The number of carbonyl (C=O) groups excluding carboxylic acids is 1. The van der Waals surface area contributed by atoms with E-state index in [4.69, 9.17) is 16.2 Å². The molecule has 1 atom stereocenters. The summed E-state index contributed by atoms with van der Waals surface area (Å²) in [5.41, 5.74) is 2.74. The van der Waals surface area contributed by atoms with Gasteiger partial charge in [-0.1, -0.05) is 35.9 Å². The van der Waals surface area contributed by atoms with E-state index in [-0.39, 0.29) is 24.5 Å². The number of piperazine rings is 1. The molecule has 1 N–H and O–H groups in total. The molecule has 0 spiro atoms. The van der Waals surface area contributed by atoms with Gasteiger partial charge in [-0.2, -0.15) is 12.7 Å². The third-order valence-electron chi connectivity index (χ3n) is 6.08. The Morgan fingerprint density at radius 1 is 1.03 bits per heavy atom. The molecule has 0 bridgehead atoms. The van der Waals surface area contributed by atoms with Gasteiger partial charge in [0.2, 0.25) is 15.9 Å². The van der Waals surface area contributed by atoms with Crippen molar-refractivity contribution in [2.45, 2.75) is 17.9 Å². The molecule has 2 aromatic carbocycles. The van der Waals surface area contributed by atoms with E-state index in [0.29, 0.717) is 16.1 Å². The molecule has 12 heteroatoms. The topological polar surface area (TPSA) is 125 Å². The van der Waals surface area contributed by atoms with Gasteiger partial charge in [0.1, 0.15) is 0 Å². The fraction of sp³-hybridized carbons (Fsp3) is 0.250. The lowest BCUT2D eigenvalue weighted by atomic mass is 9.98. The number of sulfonamides is 1. The molecule has 0 saturated carbocycles. The van der Waals surface area contributed by atoms with Crippen LogP contribution in [0, 0.1) is 6.92 Å². The maximum atomic E-state index is 13.8. The summed E-state index contributed by atoms with van der Waals surface area (Å²) >= 11 is 6.21. The van der Waals surface area contributed by atoms with Gasteiger partial charge in [0.25, 0.3) is 10.1 Å². The third kappa shape index (κ3) is 5.60. The number of rotatable bonds is 6. The van der Waals surface area contributed by atoms with Crippen molar-refractivity contribution in [1.82, 2.24) is 14.2 Å². The minimum atomic E-state index is -4.54. The number of hydrogen-bond acceptors (Lipinski definition) is 6. The molecule has 3 aromatic rings. The fourth-order valence-corrected chi connectivity index (χ4v) is 6.83. The minimum absolute atomic E-state index is 0.0340. The number of nitrogens with zero attached hydrogens (tertiary/aromatic N) is 3. The lowest BCUT2D eigenvalue weighted by molar-refractivity contribution is -0.130. The first-order valence-electron chi connectivity index (χ1n) is 11.0. The molecule has 0 aliphatic carbocycles. The van der Waals surface area contributed by atoms with Crippen molar-refractivity contribution in [2.75, 3.05) is 25.4 Å². The molecule has 190 valence electrons. The number of hydrogen-bond donors (Lipinski definition) is 1. The number of benzene rings is 2. The van der Waals surface area contributed by atoms with Gasteiger partial charge < -0.3 is 4.90 Å². The first kappa shape index (κ1) is 26.2. The molecule has 2 heterocycles. The van der Waals surface area contributed by atoms with Crippen LogP contribution < -0.4 is 0 Å². The summed E-state index contributed by atoms with van der Waals surface area (Å²) in [6.45, 7) is 1.43. The Morgan fingerprint density at radius 3 is 2.42 bits per heavy atom. The van der Waals surface area contributed by atoms with Gasteiger partial charge in [-0.25, -0.2) is 8.42 Å². The van der Waals surface area contributed by atoms with Crippen molar-refractivity contribution in [2.24, 2.45) is 0 Å². The van der Waals surface area contributed by atoms with E-state index in [0.717, 1.165) is 11.1 Å². The van der Waals surface area contributed by atoms with E-state index in [2.05, 4.69) is 4.98 Å². The maximum absolute atomic E-state index is 13.8. The molecule has 0 radical (unpaired) electrons. The molecule has 1 unspecified atom stereocenters. The summed E-state index contributed by atoms with van der Waals surface area (Å²) < 4.78 is 60.7. The first-order valence-corrected chi connectivity index (χ1v) is 14.4. The van der Waals surface area contributed by atoms with Gasteiger partial charge in [0.15, 0.2) is 5.75 Å². The molecular weight excluding hydrogens is 526 g/mol. The highest BCUT2D eigenvalue weighted by Crippen LogP contribution is 2.35. The maximum Gasteiger partial charge on any atom is 0.274 e. The third-order valence-corrected chi connectivity index (χ3v) is 9.15. The normalized spacial score (nSPS) is 17.2. The zero-order valence-electron chi connectivity index (χ0n) is 19.3. The molecule has 9 nitrogen and oxygen atoms in total. The van der Waals surface area contributed by atoms with Crippen LogP contribution in [0.5, 0.6) is 0 Å². The molecule has 1 aromatic heterocycles. The summed E-state index contributed by atoms with van der Waals surface area (Å²) in [5.74, 6) is -1.87. The van der Waals surface area contributed by atoms with E-state index in [1.165, 1.54) is 15.3 Å². The second kappa shape index (κ2) is 10.3. The monoisotopic (exact) mass is 549 g/mol. The van der Waals surface area contributed by atoms with Gasteiger partial charge in [-0.15, -0.1) is 0 Å². The first-order chi connectivity index (χ1) is 17.0. The fourth-order valence-electron chi connectivity index (χ4n) is 4.26. The Labute approximate surface area is 215 Å². The summed E-state index contributed by atoms with van der Waals surface area (Å²) in [5, 5.41) is 0.314. The van der Waals surface area contributed by atoms with Crippen LogP contribution in [0.25, 0.3) is 11.1 Å². The quantitative estimate of drug-likeness (QED) is 0.468. The Hall–Kier alpha value is -2.83. The molecule has 1 fully saturated rings. The van der Waals surface area contributed by atoms with Crippen molar-refractivity contribution in [3.63, 3.8) is 0 Å². The Morgan fingerprint density at radius 2 is 1.72 bits per heavy atom. The van der Waals surface area contributed by atoms with Crippen LogP contribution >= 0.6 is 11.6 Å². The van der Waals surface area contributed by atoms with E-state index < -0.39 is 37.8 Å². The van der Waals surface area contributed by atoms with Gasteiger partial charge in [0.05, 0.1) is 10.9 Å². The molecular formula is C24H24ClN3O6S2. The van der Waals surface area contributed by atoms with Crippen LogP contribution in [0.3, 0.4) is 0 Å². The van der Waals surface area contributed by atoms with Gasteiger partial charge in [-0.05, 0) is 59.5 Å². The van der Waals surface area contributed by atoms with Crippen LogP contribution in [0.15, 0.2) is 71.9 Å². The Bertz CT molecular complexity index is 1500. The summed E-state index contributed by atoms with van der Waals surface area (Å²) in [6, 6.07) is 14.8. The van der Waals surface area contributed by atoms with Gasteiger partial charge in [-0.3, -0.25) is 14.3 Å². The highest BCUT2D eigenvalue weighted by atomic mass is 35.5. The number of halogens is 1. The second-order valence-electron chi connectivity index (χ2n) is 8.42. The zero-order chi connectivity index (χ0) is 26.1. The SMILES string of the molecule is Cc1c(Cl)cccc1S(=O)(=O)N1CCN(C(=O)CS(=O)(=O)O)CC1c1cccc(-c2ccncc2)c1. The Kier molecular flexibility index (Phi) is 7.48. The summed E-state index contributed by atoms with van der Waals surface area (Å²) in [6.07, 6.45) is 3.30. The standard InChI is InChI=1S/C24H24ClN3O6S2/c1-17-21(25)6-3-7-23(17)36(33,34)28-13-12-27(24(29)16-35(30,31)32)15-22(28)20-5-2-4-19(14-20)18-8-10-26-11-9-18/h2-11,14,22H,12-13,15-16H2,1H3,(H,30,31,32). The lowest BCUT2D eigenvalue weighted by Gasteiger charge is -2.41. The molecule has 1 amide bonds. The molecule has 36 heavy (non-hydrogen) atoms. The molecule has 1 aliphatic rings. The predicted molar refractivity (Wildman–Crippen MR) is 135 cm³/mol. The average molecular weight is 550 g/mol. The average Bonchev–Trinajstić information content (AvgIpc) is 2.85. The van der Waals surface area contributed by atoms with Crippen LogP contribution in [-0.2, 0) is 24.9 Å². The van der Waals surface area contributed by atoms with E-state index in [1.807, 2.05) is 24.3 Å². The van der Waals surface area contributed by atoms with Crippen molar-refractivity contribution in [3.05, 3.63) is 83.1 Å². The highest BCUT2D eigenvalue weighted by molar-refractivity contribution is 7.89. The molecule has 4 rings (SSSR count). The second-order valence-corrected chi connectivity index (χ2v) is 12.1. The van der Waals surface area contributed by atoms with E-state index >= 15 is 0 Å². The molecule has 1 saturated heterocycles. The van der Waals surface area contributed by atoms with E-state index in [1.54, 1.807) is 43.6 Å². The van der Waals surface area contributed by atoms with Crippen molar-refractivity contribution < 1.29 is 26.2 Å². The number of carbonyl (C=O) groups is 1. The largest absolute Gasteiger partial charge is 0.338 e. The summed E-state index contributed by atoms with van der Waals surface area (Å²) in [7, 11) is -8.58. The van der Waals surface area contributed by atoms with Gasteiger partial charge in [0, 0.05) is 37.1 Å². The highest BCUT2D eigenvalue weighted by Gasteiger charge is 2.39. The van der Waals surface area contributed by atoms with Crippen LogP contribution in [0.4, 0.5) is 0 Å². The smallest absolute Gasteiger partial charge is 0.274 e. The number of amides is 1. The Balaban J connectivity index is 1.78. The summed E-state index contributed by atoms with van der Waals surface area (Å²) in [4.78, 5) is 17.9. The molecule has 1 aliphatic heterocycles. The van der Waals surface area contributed by atoms with Crippen molar-refractivity contribution in [1.29, 1.82) is 0 Å². The van der Waals surface area contributed by atoms with Crippen LogP contribution in [-0.4, -0.2) is 66.9 Å². The van der Waals surface area contributed by atoms with Crippen molar-refractivity contribution >= 4 is 37.6 Å². The zero-order valence-corrected chi connectivity index (χ0v) is 21.7. The van der Waals surface area contributed by atoms with Gasteiger partial charge >= 0.3 is 0 Å². The minimum Gasteiger partial charge on any atom is -0.338 e. The van der Waals surface area contributed by atoms with Crippen LogP contribution in [0.2, 0.25) is 5.02 Å². The van der Waals surface area contributed by atoms with E-state index in [9.17, 15) is 21.6 Å².